The maximum atomic E-state index is 11.8. The molecule has 3 heteroatoms. The van der Waals surface area contributed by atoms with E-state index in [1.165, 1.54) is 24.8 Å². The highest BCUT2D eigenvalue weighted by atomic mass is 16.1. The SMILES string of the molecule is O=C(NCCC1=CN=CC1)C1CCCCC1. The van der Waals surface area contributed by atoms with Gasteiger partial charge in [-0.2, -0.15) is 0 Å². The van der Waals surface area contributed by atoms with E-state index in [9.17, 15) is 4.79 Å². The smallest absolute Gasteiger partial charge is 0.223 e. The van der Waals surface area contributed by atoms with Crippen LogP contribution in [0.2, 0.25) is 0 Å². The van der Waals surface area contributed by atoms with Crippen molar-refractivity contribution < 1.29 is 4.79 Å². The third-order valence-electron chi connectivity index (χ3n) is 3.44. The van der Waals surface area contributed by atoms with Crippen molar-refractivity contribution in [2.45, 2.75) is 44.9 Å². The molecule has 3 nitrogen and oxygen atoms in total. The maximum Gasteiger partial charge on any atom is 0.223 e. The van der Waals surface area contributed by atoms with Crippen LogP contribution in [0.5, 0.6) is 0 Å². The molecule has 1 aliphatic heterocycles. The van der Waals surface area contributed by atoms with Gasteiger partial charge in [-0.25, -0.2) is 0 Å². The molecule has 1 amide bonds. The fourth-order valence-corrected chi connectivity index (χ4v) is 2.40. The van der Waals surface area contributed by atoms with Gasteiger partial charge in [-0.05, 0) is 24.8 Å². The van der Waals surface area contributed by atoms with Crippen LogP contribution in [0.4, 0.5) is 0 Å². The second kappa shape index (κ2) is 5.83. The Labute approximate surface area is 97.0 Å². The lowest BCUT2D eigenvalue weighted by molar-refractivity contribution is -0.125. The van der Waals surface area contributed by atoms with Crippen LogP contribution < -0.4 is 5.32 Å². The van der Waals surface area contributed by atoms with Gasteiger partial charge in [-0.1, -0.05) is 19.3 Å². The molecule has 1 N–H and O–H groups in total. The lowest BCUT2D eigenvalue weighted by Gasteiger charge is -2.20. The quantitative estimate of drug-likeness (QED) is 0.776. The van der Waals surface area contributed by atoms with Gasteiger partial charge in [0.1, 0.15) is 0 Å². The average Bonchev–Trinajstić information content (AvgIpc) is 2.83. The zero-order chi connectivity index (χ0) is 11.2. The van der Waals surface area contributed by atoms with Gasteiger partial charge in [-0.15, -0.1) is 0 Å². The molecule has 0 spiro atoms. The number of rotatable bonds is 4. The average molecular weight is 220 g/mol. The summed E-state index contributed by atoms with van der Waals surface area (Å²) in [4.78, 5) is 15.9. The monoisotopic (exact) mass is 220 g/mol. The van der Waals surface area contributed by atoms with E-state index in [1.807, 2.05) is 12.4 Å². The lowest BCUT2D eigenvalue weighted by Crippen LogP contribution is -2.32. The van der Waals surface area contributed by atoms with E-state index in [2.05, 4.69) is 10.3 Å². The van der Waals surface area contributed by atoms with Crippen molar-refractivity contribution in [1.82, 2.24) is 5.32 Å². The van der Waals surface area contributed by atoms with Crippen molar-refractivity contribution in [3.8, 4) is 0 Å². The minimum absolute atomic E-state index is 0.263. The lowest BCUT2D eigenvalue weighted by atomic mass is 9.88. The molecule has 0 atom stereocenters. The Balaban J connectivity index is 1.63. The first-order valence-corrected chi connectivity index (χ1v) is 6.33. The Morgan fingerprint density at radius 3 is 2.88 bits per heavy atom. The first-order valence-electron chi connectivity index (χ1n) is 6.33. The van der Waals surface area contributed by atoms with Gasteiger partial charge in [0, 0.05) is 31.3 Å². The molecule has 16 heavy (non-hydrogen) atoms. The van der Waals surface area contributed by atoms with Crippen LogP contribution in [0.3, 0.4) is 0 Å². The number of nitrogens with zero attached hydrogens (tertiary/aromatic N) is 1. The summed E-state index contributed by atoms with van der Waals surface area (Å²) in [5.41, 5.74) is 1.32. The number of hydrogen-bond donors (Lipinski definition) is 1. The van der Waals surface area contributed by atoms with E-state index in [1.54, 1.807) is 0 Å². The van der Waals surface area contributed by atoms with Crippen LogP contribution in [-0.4, -0.2) is 18.7 Å². The van der Waals surface area contributed by atoms with Crippen LogP contribution in [0.15, 0.2) is 16.8 Å². The van der Waals surface area contributed by atoms with Gasteiger partial charge in [0.25, 0.3) is 0 Å². The predicted molar refractivity (Wildman–Crippen MR) is 65.4 cm³/mol. The highest BCUT2D eigenvalue weighted by Crippen LogP contribution is 2.23. The van der Waals surface area contributed by atoms with Crippen LogP contribution in [-0.2, 0) is 4.79 Å². The van der Waals surface area contributed by atoms with E-state index in [4.69, 9.17) is 0 Å². The van der Waals surface area contributed by atoms with Crippen molar-refractivity contribution in [1.29, 1.82) is 0 Å². The Hall–Kier alpha value is -1.12. The summed E-state index contributed by atoms with van der Waals surface area (Å²) in [5, 5.41) is 3.04. The summed E-state index contributed by atoms with van der Waals surface area (Å²) < 4.78 is 0. The van der Waals surface area contributed by atoms with E-state index < -0.39 is 0 Å². The molecular formula is C13H20N2O. The van der Waals surface area contributed by atoms with E-state index in [0.717, 1.165) is 32.2 Å². The van der Waals surface area contributed by atoms with Crippen molar-refractivity contribution in [2.75, 3.05) is 6.54 Å². The highest BCUT2D eigenvalue weighted by molar-refractivity contribution is 5.78. The Morgan fingerprint density at radius 1 is 1.38 bits per heavy atom. The Bertz CT molecular complexity index is 301. The number of carbonyl (C=O) groups is 1. The molecule has 2 aliphatic rings. The normalized spacial score (nSPS) is 20.9. The Kier molecular flexibility index (Phi) is 4.14. The van der Waals surface area contributed by atoms with Gasteiger partial charge < -0.3 is 5.32 Å². The van der Waals surface area contributed by atoms with Crippen molar-refractivity contribution >= 4 is 12.1 Å². The zero-order valence-electron chi connectivity index (χ0n) is 9.74. The number of carbonyl (C=O) groups excluding carboxylic acids is 1. The zero-order valence-corrected chi connectivity index (χ0v) is 9.74. The molecule has 1 aliphatic carbocycles. The van der Waals surface area contributed by atoms with Crippen LogP contribution in [0, 0.1) is 5.92 Å². The van der Waals surface area contributed by atoms with Crippen molar-refractivity contribution in [3.63, 3.8) is 0 Å². The highest BCUT2D eigenvalue weighted by Gasteiger charge is 2.20. The first-order chi connectivity index (χ1) is 7.86. The van der Waals surface area contributed by atoms with Crippen LogP contribution in [0.1, 0.15) is 44.9 Å². The molecule has 88 valence electrons. The van der Waals surface area contributed by atoms with Crippen molar-refractivity contribution in [3.05, 3.63) is 11.8 Å². The molecule has 1 heterocycles. The fourth-order valence-electron chi connectivity index (χ4n) is 2.40. The molecular weight excluding hydrogens is 200 g/mol. The molecule has 1 saturated carbocycles. The van der Waals surface area contributed by atoms with Gasteiger partial charge >= 0.3 is 0 Å². The molecule has 0 unspecified atom stereocenters. The molecule has 0 aromatic heterocycles. The summed E-state index contributed by atoms with van der Waals surface area (Å²) in [6, 6.07) is 0. The molecule has 0 radical (unpaired) electrons. The molecule has 0 bridgehead atoms. The summed E-state index contributed by atoms with van der Waals surface area (Å²) in [6.45, 7) is 0.768. The number of hydrogen-bond acceptors (Lipinski definition) is 2. The van der Waals surface area contributed by atoms with Gasteiger partial charge in [0.2, 0.25) is 5.91 Å². The third kappa shape index (κ3) is 3.19. The molecule has 0 aromatic rings. The molecule has 1 fully saturated rings. The Morgan fingerprint density at radius 2 is 2.19 bits per heavy atom. The number of nitrogens with one attached hydrogen (secondary N) is 1. The van der Waals surface area contributed by atoms with Crippen molar-refractivity contribution in [2.24, 2.45) is 10.9 Å². The standard InChI is InChI=1S/C13H20N2O/c16-13(12-4-2-1-3-5-12)15-9-7-11-6-8-14-10-11/h8,10,12H,1-7,9H2,(H,15,16). The second-order valence-electron chi connectivity index (χ2n) is 4.70. The third-order valence-corrected chi connectivity index (χ3v) is 3.44. The molecule has 0 saturated heterocycles. The minimum Gasteiger partial charge on any atom is -0.356 e. The van der Waals surface area contributed by atoms with Gasteiger partial charge in [0.05, 0.1) is 0 Å². The van der Waals surface area contributed by atoms with E-state index >= 15 is 0 Å². The predicted octanol–water partition coefficient (Wildman–Crippen LogP) is 2.43. The first kappa shape index (κ1) is 11.4. The second-order valence-corrected chi connectivity index (χ2v) is 4.70. The van der Waals surface area contributed by atoms with E-state index in [-0.39, 0.29) is 11.8 Å². The number of amides is 1. The van der Waals surface area contributed by atoms with Gasteiger partial charge in [0.15, 0.2) is 0 Å². The summed E-state index contributed by atoms with van der Waals surface area (Å²) in [6.07, 6.45) is 11.6. The summed E-state index contributed by atoms with van der Waals surface area (Å²) in [7, 11) is 0. The fraction of sp³-hybridized carbons (Fsp3) is 0.692. The minimum atomic E-state index is 0.263. The topological polar surface area (TPSA) is 41.5 Å². The maximum absolute atomic E-state index is 11.8. The summed E-state index contributed by atoms with van der Waals surface area (Å²) in [5.74, 6) is 0.543. The molecule has 0 aromatic carbocycles. The van der Waals surface area contributed by atoms with E-state index in [0.29, 0.717) is 0 Å². The van der Waals surface area contributed by atoms with Crippen LogP contribution in [0.25, 0.3) is 0 Å². The summed E-state index contributed by atoms with van der Waals surface area (Å²) >= 11 is 0. The largest absolute Gasteiger partial charge is 0.356 e. The van der Waals surface area contributed by atoms with Gasteiger partial charge in [-0.3, -0.25) is 9.79 Å². The molecule has 2 rings (SSSR count). The van der Waals surface area contributed by atoms with Crippen LogP contribution >= 0.6 is 0 Å². The number of aliphatic imine (C=N–C) groups is 1.